The maximum absolute atomic E-state index is 13.1. The minimum absolute atomic E-state index is 0.0532. The van der Waals surface area contributed by atoms with Crippen LogP contribution in [-0.4, -0.2) is 31.2 Å². The average molecular weight is 437 g/mol. The summed E-state index contributed by atoms with van der Waals surface area (Å²) in [6, 6.07) is 8.56. The predicted molar refractivity (Wildman–Crippen MR) is 111 cm³/mol. The molecule has 1 unspecified atom stereocenters. The lowest BCUT2D eigenvalue weighted by molar-refractivity contribution is -0.116. The van der Waals surface area contributed by atoms with Crippen LogP contribution >= 0.6 is 11.8 Å². The first-order chi connectivity index (χ1) is 13.6. The molecule has 2 amide bonds. The average Bonchev–Trinajstić information content (AvgIpc) is 2.78. The van der Waals surface area contributed by atoms with E-state index in [4.69, 9.17) is 0 Å². The molecule has 0 radical (unpaired) electrons. The molecular formula is C20H21FN2O4S2. The second-order valence-electron chi connectivity index (χ2n) is 6.92. The number of sulfone groups is 1. The van der Waals surface area contributed by atoms with Crippen LogP contribution in [-0.2, 0) is 19.4 Å². The van der Waals surface area contributed by atoms with Crippen LogP contribution in [0.15, 0.2) is 46.2 Å². The number of benzene rings is 2. The van der Waals surface area contributed by atoms with Crippen LogP contribution in [0.3, 0.4) is 0 Å². The van der Waals surface area contributed by atoms with E-state index >= 15 is 0 Å². The molecule has 29 heavy (non-hydrogen) atoms. The molecule has 154 valence electrons. The minimum atomic E-state index is -3.72. The molecule has 3 rings (SSSR count). The molecule has 1 aliphatic heterocycles. The molecule has 1 atom stereocenters. The number of hydrogen-bond donors (Lipinski definition) is 2. The topological polar surface area (TPSA) is 92.3 Å². The van der Waals surface area contributed by atoms with Crippen molar-refractivity contribution in [2.45, 2.75) is 41.7 Å². The Morgan fingerprint density at radius 3 is 2.76 bits per heavy atom. The maximum atomic E-state index is 13.1. The van der Waals surface area contributed by atoms with Gasteiger partial charge < -0.3 is 10.6 Å². The first kappa shape index (κ1) is 21.3. The van der Waals surface area contributed by atoms with E-state index in [9.17, 15) is 22.4 Å². The van der Waals surface area contributed by atoms with E-state index in [0.717, 1.165) is 4.90 Å². The van der Waals surface area contributed by atoms with Crippen molar-refractivity contribution in [3.05, 3.63) is 47.8 Å². The molecule has 0 saturated carbocycles. The third-order valence-corrected chi connectivity index (χ3v) is 7.34. The molecule has 9 heteroatoms. The summed E-state index contributed by atoms with van der Waals surface area (Å²) >= 11 is 1.51. The molecule has 1 heterocycles. The summed E-state index contributed by atoms with van der Waals surface area (Å²) in [5.74, 6) is -1.43. The van der Waals surface area contributed by atoms with Crippen molar-refractivity contribution >= 4 is 44.8 Å². The van der Waals surface area contributed by atoms with Crippen LogP contribution < -0.4 is 10.6 Å². The van der Waals surface area contributed by atoms with Crippen molar-refractivity contribution in [3.63, 3.8) is 0 Å². The van der Waals surface area contributed by atoms with Gasteiger partial charge in [-0.2, -0.15) is 0 Å². The number of nitrogens with one attached hydrogen (secondary N) is 2. The smallest absolute Gasteiger partial charge is 0.225 e. The largest absolute Gasteiger partial charge is 0.326 e. The third-order valence-electron chi connectivity index (χ3n) is 4.45. The number of halogens is 1. The fourth-order valence-electron chi connectivity index (χ4n) is 2.95. The second-order valence-corrected chi connectivity index (χ2v) is 10.5. The van der Waals surface area contributed by atoms with Crippen LogP contribution in [0, 0.1) is 12.7 Å². The zero-order valence-corrected chi connectivity index (χ0v) is 17.6. The summed E-state index contributed by atoms with van der Waals surface area (Å²) in [4.78, 5) is 24.9. The van der Waals surface area contributed by atoms with Crippen molar-refractivity contribution in [2.75, 3.05) is 16.4 Å². The van der Waals surface area contributed by atoms with Crippen molar-refractivity contribution < 1.29 is 22.4 Å². The van der Waals surface area contributed by atoms with E-state index in [-0.39, 0.29) is 28.2 Å². The summed E-state index contributed by atoms with van der Waals surface area (Å²) in [7, 11) is -3.72. The summed E-state index contributed by atoms with van der Waals surface area (Å²) in [5, 5.41) is 5.43. The monoisotopic (exact) mass is 436 g/mol. The van der Waals surface area contributed by atoms with Crippen molar-refractivity contribution in [1.29, 1.82) is 0 Å². The van der Waals surface area contributed by atoms with Gasteiger partial charge in [-0.3, -0.25) is 9.59 Å². The first-order valence-corrected chi connectivity index (χ1v) is 11.6. The van der Waals surface area contributed by atoms with E-state index in [0.29, 0.717) is 23.4 Å². The number of amides is 2. The number of anilines is 2. The highest BCUT2D eigenvalue weighted by Gasteiger charge is 2.23. The van der Waals surface area contributed by atoms with Gasteiger partial charge in [-0.25, -0.2) is 12.8 Å². The fourth-order valence-corrected chi connectivity index (χ4v) is 5.26. The van der Waals surface area contributed by atoms with Gasteiger partial charge >= 0.3 is 0 Å². The van der Waals surface area contributed by atoms with E-state index in [2.05, 4.69) is 10.6 Å². The molecule has 2 aromatic rings. The zero-order valence-electron chi connectivity index (χ0n) is 16.0. The molecule has 0 aromatic heterocycles. The number of fused-ring (bicyclic) bond motifs is 1. The van der Waals surface area contributed by atoms with Crippen LogP contribution in [0.4, 0.5) is 15.8 Å². The minimum Gasteiger partial charge on any atom is -0.326 e. The Kier molecular flexibility index (Phi) is 6.28. The Balaban J connectivity index is 1.69. The first-order valence-electron chi connectivity index (χ1n) is 9.03. The molecule has 0 saturated heterocycles. The van der Waals surface area contributed by atoms with Crippen LogP contribution in [0.1, 0.15) is 25.3 Å². The van der Waals surface area contributed by atoms with E-state index in [1.54, 1.807) is 13.0 Å². The fraction of sp³-hybridized carbons (Fsp3) is 0.300. The number of rotatable bonds is 5. The van der Waals surface area contributed by atoms with Gasteiger partial charge in [-0.1, -0.05) is 6.92 Å². The molecule has 0 fully saturated rings. The number of carbonyl (C=O) groups is 2. The standard InChI is InChI=1S/C20H21FN2O4S2/c1-12-9-14(21)3-5-16(12)22-19(24)7-8-29(26,27)15-4-6-18-17(11-15)23-20(25)10-13(2)28-18/h3-6,9,11,13H,7-8,10H2,1-2H3,(H,22,24)(H,23,25). The lowest BCUT2D eigenvalue weighted by Gasteiger charge is -2.11. The van der Waals surface area contributed by atoms with Gasteiger partial charge in [0.05, 0.1) is 16.3 Å². The Labute approximate surface area is 173 Å². The van der Waals surface area contributed by atoms with Gasteiger partial charge in [0.1, 0.15) is 5.82 Å². The summed E-state index contributed by atoms with van der Waals surface area (Å²) in [6.45, 7) is 3.59. The number of carbonyl (C=O) groups excluding carboxylic acids is 2. The van der Waals surface area contributed by atoms with Crippen LogP contribution in [0.5, 0.6) is 0 Å². The summed E-state index contributed by atoms with van der Waals surface area (Å²) < 4.78 is 38.5. The molecule has 0 bridgehead atoms. The van der Waals surface area contributed by atoms with Crippen molar-refractivity contribution in [1.82, 2.24) is 0 Å². The Hall–Kier alpha value is -2.39. The Morgan fingerprint density at radius 1 is 1.28 bits per heavy atom. The molecule has 2 aromatic carbocycles. The van der Waals surface area contributed by atoms with E-state index < -0.39 is 21.6 Å². The highest BCUT2D eigenvalue weighted by Crippen LogP contribution is 2.36. The van der Waals surface area contributed by atoms with E-state index in [1.165, 1.54) is 42.1 Å². The number of hydrogen-bond acceptors (Lipinski definition) is 5. The molecule has 2 N–H and O–H groups in total. The molecule has 1 aliphatic rings. The number of aryl methyl sites for hydroxylation is 1. The maximum Gasteiger partial charge on any atom is 0.225 e. The van der Waals surface area contributed by atoms with Gasteiger partial charge in [0.15, 0.2) is 9.84 Å². The highest BCUT2D eigenvalue weighted by molar-refractivity contribution is 8.00. The lowest BCUT2D eigenvalue weighted by Crippen LogP contribution is -2.18. The Bertz CT molecular complexity index is 1070. The molecular weight excluding hydrogens is 415 g/mol. The predicted octanol–water partition coefficient (Wildman–Crippen LogP) is 3.76. The summed E-state index contributed by atoms with van der Waals surface area (Å²) in [5.41, 5.74) is 1.46. The van der Waals surface area contributed by atoms with Gasteiger partial charge in [0, 0.05) is 28.7 Å². The SMILES string of the molecule is Cc1cc(F)ccc1NC(=O)CCS(=O)(=O)c1ccc2c(c1)NC(=O)CC(C)S2. The quantitative estimate of drug-likeness (QED) is 0.745. The molecule has 0 spiro atoms. The van der Waals surface area contributed by atoms with Crippen LogP contribution in [0.25, 0.3) is 0 Å². The molecule has 0 aliphatic carbocycles. The molecule has 6 nitrogen and oxygen atoms in total. The number of thioether (sulfide) groups is 1. The van der Waals surface area contributed by atoms with Gasteiger partial charge in [-0.15, -0.1) is 11.8 Å². The van der Waals surface area contributed by atoms with Gasteiger partial charge in [-0.05, 0) is 48.9 Å². The van der Waals surface area contributed by atoms with Crippen molar-refractivity contribution in [3.8, 4) is 0 Å². The normalized spacial score (nSPS) is 16.5. The second kappa shape index (κ2) is 8.54. The van der Waals surface area contributed by atoms with Crippen molar-refractivity contribution in [2.24, 2.45) is 0 Å². The summed E-state index contributed by atoms with van der Waals surface area (Å²) in [6.07, 6.45) is 0.110. The Morgan fingerprint density at radius 2 is 2.03 bits per heavy atom. The van der Waals surface area contributed by atoms with Crippen LogP contribution in [0.2, 0.25) is 0 Å². The zero-order chi connectivity index (χ0) is 21.2. The van der Waals surface area contributed by atoms with Gasteiger partial charge in [0.25, 0.3) is 0 Å². The third kappa shape index (κ3) is 5.36. The van der Waals surface area contributed by atoms with Gasteiger partial charge in [0.2, 0.25) is 11.8 Å². The highest BCUT2D eigenvalue weighted by atomic mass is 32.2. The lowest BCUT2D eigenvalue weighted by atomic mass is 10.2. The van der Waals surface area contributed by atoms with E-state index in [1.807, 2.05) is 6.92 Å².